The van der Waals surface area contributed by atoms with Crippen molar-refractivity contribution in [3.8, 4) is 0 Å². The zero-order valence-electron chi connectivity index (χ0n) is 12.2. The summed E-state index contributed by atoms with van der Waals surface area (Å²) < 4.78 is 90.3. The second-order valence-corrected chi connectivity index (χ2v) is 6.49. The van der Waals surface area contributed by atoms with Gasteiger partial charge in [0.25, 0.3) is 0 Å². The summed E-state index contributed by atoms with van der Waals surface area (Å²) in [5.74, 6) is -4.52. The van der Waals surface area contributed by atoms with Crippen molar-refractivity contribution in [2.75, 3.05) is 14.1 Å². The van der Waals surface area contributed by atoms with Gasteiger partial charge in [-0.3, -0.25) is 4.79 Å². The number of carbonyl (C=O) groups excluding carboxylic acids is 1. The Labute approximate surface area is 129 Å². The van der Waals surface area contributed by atoms with Crippen molar-refractivity contribution in [2.24, 2.45) is 0 Å². The summed E-state index contributed by atoms with van der Waals surface area (Å²) in [6.07, 6.45) is -5.04. The second-order valence-electron chi connectivity index (χ2n) is 4.84. The summed E-state index contributed by atoms with van der Waals surface area (Å²) in [5.41, 5.74) is -1.66. The molecule has 130 valence electrons. The molecule has 0 aromatic heterocycles. The van der Waals surface area contributed by atoms with Crippen LogP contribution in [0.3, 0.4) is 0 Å². The Morgan fingerprint density at radius 2 is 1.61 bits per heavy atom. The van der Waals surface area contributed by atoms with Gasteiger partial charge in [-0.2, -0.15) is 17.9 Å². The standard InChI is InChI=1S/C12H13F5N2O3S/c1-6(11(20)19(2)3)18-23(21,22)10-8(13)4-7(5-9(10)14)12(15,16)17/h4-6,18H,1-3H3/t6-/m1/s1. The summed E-state index contributed by atoms with van der Waals surface area (Å²) in [6.45, 7) is 1.12. The molecule has 1 atom stereocenters. The van der Waals surface area contributed by atoms with Gasteiger partial charge in [-0.1, -0.05) is 0 Å². The fraction of sp³-hybridized carbons (Fsp3) is 0.417. The molecule has 0 radical (unpaired) electrons. The monoisotopic (exact) mass is 360 g/mol. The van der Waals surface area contributed by atoms with E-state index in [4.69, 9.17) is 0 Å². The minimum absolute atomic E-state index is 0.129. The van der Waals surface area contributed by atoms with Crippen molar-refractivity contribution in [3.63, 3.8) is 0 Å². The second kappa shape index (κ2) is 6.40. The number of benzene rings is 1. The van der Waals surface area contributed by atoms with Gasteiger partial charge in [0.15, 0.2) is 4.90 Å². The molecule has 0 heterocycles. The van der Waals surface area contributed by atoms with E-state index in [9.17, 15) is 35.2 Å². The minimum atomic E-state index is -5.04. The van der Waals surface area contributed by atoms with Gasteiger partial charge in [-0.05, 0) is 19.1 Å². The number of likely N-dealkylation sites (N-methyl/N-ethyl adjacent to an activating group) is 1. The van der Waals surface area contributed by atoms with Crippen LogP contribution in [-0.4, -0.2) is 39.4 Å². The van der Waals surface area contributed by atoms with E-state index in [1.54, 1.807) is 4.72 Å². The lowest BCUT2D eigenvalue weighted by Crippen LogP contribution is -2.44. The first-order chi connectivity index (χ1) is 10.3. The quantitative estimate of drug-likeness (QED) is 0.832. The van der Waals surface area contributed by atoms with E-state index in [-0.39, 0.29) is 12.1 Å². The first-order valence-corrected chi connectivity index (χ1v) is 7.55. The molecule has 1 rings (SSSR count). The molecule has 0 aliphatic carbocycles. The molecule has 0 aliphatic heterocycles. The highest BCUT2D eigenvalue weighted by atomic mass is 32.2. The summed E-state index contributed by atoms with van der Waals surface area (Å²) in [5, 5.41) is 0. The van der Waals surface area contributed by atoms with Crippen molar-refractivity contribution >= 4 is 15.9 Å². The molecular formula is C12H13F5N2O3S. The van der Waals surface area contributed by atoms with Gasteiger partial charge >= 0.3 is 6.18 Å². The molecule has 0 saturated heterocycles. The Morgan fingerprint density at radius 3 is 1.96 bits per heavy atom. The molecule has 1 aromatic rings. The van der Waals surface area contributed by atoms with Crippen molar-refractivity contribution < 1.29 is 35.2 Å². The maximum absolute atomic E-state index is 13.7. The fourth-order valence-corrected chi connectivity index (χ4v) is 3.03. The number of rotatable bonds is 4. The third-order valence-corrected chi connectivity index (χ3v) is 4.33. The van der Waals surface area contributed by atoms with Crippen LogP contribution < -0.4 is 4.72 Å². The molecule has 1 aromatic carbocycles. The molecule has 23 heavy (non-hydrogen) atoms. The predicted octanol–water partition coefficient (Wildman–Crippen LogP) is 1.74. The zero-order valence-corrected chi connectivity index (χ0v) is 13.0. The van der Waals surface area contributed by atoms with E-state index in [0.29, 0.717) is 0 Å². The van der Waals surface area contributed by atoms with Gasteiger partial charge in [-0.15, -0.1) is 0 Å². The lowest BCUT2D eigenvalue weighted by molar-refractivity contribution is -0.138. The highest BCUT2D eigenvalue weighted by Crippen LogP contribution is 2.32. The Balaban J connectivity index is 3.27. The van der Waals surface area contributed by atoms with Gasteiger partial charge in [-0.25, -0.2) is 17.2 Å². The van der Waals surface area contributed by atoms with Crippen LogP contribution in [-0.2, 0) is 21.0 Å². The van der Waals surface area contributed by atoms with Crippen LogP contribution in [0.25, 0.3) is 0 Å². The molecular weight excluding hydrogens is 347 g/mol. The maximum Gasteiger partial charge on any atom is 0.416 e. The number of hydrogen-bond acceptors (Lipinski definition) is 3. The van der Waals surface area contributed by atoms with Gasteiger partial charge in [0, 0.05) is 14.1 Å². The van der Waals surface area contributed by atoms with Crippen LogP contribution >= 0.6 is 0 Å². The predicted molar refractivity (Wildman–Crippen MR) is 69.8 cm³/mol. The van der Waals surface area contributed by atoms with Crippen LogP contribution in [0.15, 0.2) is 17.0 Å². The molecule has 0 unspecified atom stereocenters. The van der Waals surface area contributed by atoms with Crippen LogP contribution in [0.5, 0.6) is 0 Å². The van der Waals surface area contributed by atoms with Crippen LogP contribution in [0, 0.1) is 11.6 Å². The van der Waals surface area contributed by atoms with Crippen molar-refractivity contribution in [3.05, 3.63) is 29.3 Å². The van der Waals surface area contributed by atoms with Crippen molar-refractivity contribution in [1.29, 1.82) is 0 Å². The molecule has 5 nitrogen and oxygen atoms in total. The summed E-state index contributed by atoms with van der Waals surface area (Å²) in [7, 11) is -2.22. The van der Waals surface area contributed by atoms with Crippen LogP contribution in [0.2, 0.25) is 0 Å². The molecule has 0 saturated carbocycles. The zero-order chi connectivity index (χ0) is 18.2. The van der Waals surface area contributed by atoms with Crippen molar-refractivity contribution in [1.82, 2.24) is 9.62 Å². The van der Waals surface area contributed by atoms with E-state index < -0.39 is 50.2 Å². The third kappa shape index (κ3) is 4.38. The van der Waals surface area contributed by atoms with Gasteiger partial charge in [0.1, 0.15) is 11.6 Å². The van der Waals surface area contributed by atoms with E-state index in [0.717, 1.165) is 11.8 Å². The lowest BCUT2D eigenvalue weighted by atomic mass is 10.2. The molecule has 1 N–H and O–H groups in total. The topological polar surface area (TPSA) is 66.5 Å². The minimum Gasteiger partial charge on any atom is -0.347 e. The summed E-state index contributed by atoms with van der Waals surface area (Å²) in [6, 6.07) is -1.62. The average molecular weight is 360 g/mol. The number of alkyl halides is 3. The van der Waals surface area contributed by atoms with E-state index in [2.05, 4.69) is 0 Å². The van der Waals surface area contributed by atoms with Gasteiger partial charge in [0.05, 0.1) is 11.6 Å². The molecule has 0 bridgehead atoms. The maximum atomic E-state index is 13.7. The highest BCUT2D eigenvalue weighted by Gasteiger charge is 2.35. The van der Waals surface area contributed by atoms with Gasteiger partial charge in [0.2, 0.25) is 15.9 Å². The Morgan fingerprint density at radius 1 is 1.17 bits per heavy atom. The van der Waals surface area contributed by atoms with Crippen LogP contribution in [0.1, 0.15) is 12.5 Å². The number of nitrogens with one attached hydrogen (secondary N) is 1. The Bertz CT molecular complexity index is 693. The number of hydrogen-bond donors (Lipinski definition) is 1. The van der Waals surface area contributed by atoms with Gasteiger partial charge < -0.3 is 4.90 Å². The van der Waals surface area contributed by atoms with Crippen LogP contribution in [0.4, 0.5) is 22.0 Å². The number of halogens is 5. The molecule has 0 aliphatic rings. The number of amides is 1. The molecule has 1 amide bonds. The summed E-state index contributed by atoms with van der Waals surface area (Å²) >= 11 is 0. The lowest BCUT2D eigenvalue weighted by Gasteiger charge is -2.18. The SMILES string of the molecule is C[C@@H](NS(=O)(=O)c1c(F)cc(C(F)(F)F)cc1F)C(=O)N(C)C. The first-order valence-electron chi connectivity index (χ1n) is 6.07. The molecule has 0 spiro atoms. The Kier molecular flexibility index (Phi) is 5.37. The van der Waals surface area contributed by atoms with Crippen molar-refractivity contribution in [2.45, 2.75) is 24.0 Å². The largest absolute Gasteiger partial charge is 0.416 e. The Hall–Kier alpha value is -1.75. The normalized spacial score (nSPS) is 13.7. The third-order valence-electron chi connectivity index (χ3n) is 2.74. The number of carbonyl (C=O) groups is 1. The van der Waals surface area contributed by atoms with E-state index in [1.807, 2.05) is 0 Å². The smallest absolute Gasteiger partial charge is 0.347 e. The average Bonchev–Trinajstić information content (AvgIpc) is 2.34. The first kappa shape index (κ1) is 19.3. The number of nitrogens with zero attached hydrogens (tertiary/aromatic N) is 1. The van der Waals surface area contributed by atoms with E-state index in [1.165, 1.54) is 14.1 Å². The fourth-order valence-electron chi connectivity index (χ4n) is 1.71. The summed E-state index contributed by atoms with van der Waals surface area (Å²) in [4.78, 5) is 11.0. The number of sulfonamides is 1. The molecule has 0 fully saturated rings. The highest BCUT2D eigenvalue weighted by molar-refractivity contribution is 7.89. The molecule has 11 heteroatoms. The van der Waals surface area contributed by atoms with E-state index >= 15 is 0 Å².